The van der Waals surface area contributed by atoms with Crippen LogP contribution in [-0.2, 0) is 4.79 Å². The molecule has 0 spiro atoms. The molecule has 2 aromatic rings. The Bertz CT molecular complexity index is 833. The molecular formula is C18H14F3NO4. The molecule has 1 amide bonds. The van der Waals surface area contributed by atoms with Gasteiger partial charge in [0.25, 0.3) is 0 Å². The molecule has 3 rings (SSSR count). The highest BCUT2D eigenvalue weighted by atomic mass is 19.4. The van der Waals surface area contributed by atoms with Crippen LogP contribution in [0.5, 0.6) is 17.2 Å². The Labute approximate surface area is 147 Å². The minimum Gasteiger partial charge on any atom is -0.482 e. The third-order valence-corrected chi connectivity index (χ3v) is 3.36. The van der Waals surface area contributed by atoms with E-state index in [0.29, 0.717) is 17.1 Å². The van der Waals surface area contributed by atoms with Crippen LogP contribution in [0.3, 0.4) is 0 Å². The Morgan fingerprint density at radius 3 is 2.73 bits per heavy atom. The minimum atomic E-state index is -4.46. The van der Waals surface area contributed by atoms with Crippen molar-refractivity contribution in [3.05, 3.63) is 54.1 Å². The molecular weight excluding hydrogens is 351 g/mol. The smallest absolute Gasteiger partial charge is 0.422 e. The monoisotopic (exact) mass is 365 g/mol. The molecule has 2 aromatic carbocycles. The van der Waals surface area contributed by atoms with Gasteiger partial charge in [0.1, 0.15) is 5.75 Å². The van der Waals surface area contributed by atoms with Crippen LogP contribution < -0.4 is 19.5 Å². The van der Waals surface area contributed by atoms with E-state index < -0.39 is 18.7 Å². The summed E-state index contributed by atoms with van der Waals surface area (Å²) in [5.41, 5.74) is 0.864. The molecule has 5 nitrogen and oxygen atoms in total. The summed E-state index contributed by atoms with van der Waals surface area (Å²) < 4.78 is 52.1. The van der Waals surface area contributed by atoms with Gasteiger partial charge in [0, 0.05) is 6.08 Å². The van der Waals surface area contributed by atoms with Crippen LogP contribution in [0.15, 0.2) is 48.5 Å². The SMILES string of the molecule is O=C(/C=C/c1ccc2c(c1)OCO2)Nc1ccccc1OCC(F)(F)F. The molecule has 0 unspecified atom stereocenters. The lowest BCUT2D eigenvalue weighted by atomic mass is 10.2. The second kappa shape index (κ2) is 7.38. The first-order valence-electron chi connectivity index (χ1n) is 7.58. The average molecular weight is 365 g/mol. The van der Waals surface area contributed by atoms with Crippen molar-refractivity contribution in [3.63, 3.8) is 0 Å². The highest BCUT2D eigenvalue weighted by molar-refractivity contribution is 6.02. The number of carbonyl (C=O) groups excluding carboxylic acids is 1. The van der Waals surface area contributed by atoms with Crippen LogP contribution in [0, 0.1) is 0 Å². The molecule has 1 N–H and O–H groups in total. The van der Waals surface area contributed by atoms with Crippen LogP contribution in [0.2, 0.25) is 0 Å². The third kappa shape index (κ3) is 4.69. The van der Waals surface area contributed by atoms with Gasteiger partial charge in [-0.2, -0.15) is 13.2 Å². The van der Waals surface area contributed by atoms with Gasteiger partial charge in [-0.3, -0.25) is 4.79 Å². The normalized spacial score (nSPS) is 13.0. The number of halogens is 3. The van der Waals surface area contributed by atoms with Crippen molar-refractivity contribution in [2.24, 2.45) is 0 Å². The predicted octanol–water partition coefficient (Wildman–Crippen LogP) is 4.01. The number of hydrogen-bond acceptors (Lipinski definition) is 4. The zero-order chi connectivity index (χ0) is 18.6. The molecule has 1 aliphatic rings. The van der Waals surface area contributed by atoms with Crippen LogP contribution in [0.4, 0.5) is 18.9 Å². The summed E-state index contributed by atoms with van der Waals surface area (Å²) in [6.45, 7) is -1.29. The molecule has 26 heavy (non-hydrogen) atoms. The number of para-hydroxylation sites is 2. The number of nitrogens with one attached hydrogen (secondary N) is 1. The molecule has 136 valence electrons. The maximum Gasteiger partial charge on any atom is 0.422 e. The Kier molecular flexibility index (Phi) is 5.01. The van der Waals surface area contributed by atoms with Crippen molar-refractivity contribution in [1.29, 1.82) is 0 Å². The lowest BCUT2D eigenvalue weighted by molar-refractivity contribution is -0.153. The maximum absolute atomic E-state index is 12.3. The van der Waals surface area contributed by atoms with Gasteiger partial charge < -0.3 is 19.5 Å². The topological polar surface area (TPSA) is 56.8 Å². The summed E-state index contributed by atoms with van der Waals surface area (Å²) in [5, 5.41) is 2.50. The second-order valence-electron chi connectivity index (χ2n) is 5.34. The van der Waals surface area contributed by atoms with Crippen molar-refractivity contribution in [3.8, 4) is 17.2 Å². The molecule has 1 aliphatic heterocycles. The van der Waals surface area contributed by atoms with Crippen LogP contribution in [0.1, 0.15) is 5.56 Å². The lowest BCUT2D eigenvalue weighted by Crippen LogP contribution is -2.20. The fourth-order valence-electron chi connectivity index (χ4n) is 2.22. The quantitative estimate of drug-likeness (QED) is 0.814. The van der Waals surface area contributed by atoms with Gasteiger partial charge in [0.15, 0.2) is 18.1 Å². The van der Waals surface area contributed by atoms with E-state index in [1.165, 1.54) is 24.3 Å². The molecule has 0 radical (unpaired) electrons. The highest BCUT2D eigenvalue weighted by Gasteiger charge is 2.28. The Hall–Kier alpha value is -3.16. The van der Waals surface area contributed by atoms with Crippen LogP contribution in [0.25, 0.3) is 6.08 Å². The summed E-state index contributed by atoms with van der Waals surface area (Å²) in [7, 11) is 0. The minimum absolute atomic E-state index is 0.0605. The molecule has 1 heterocycles. The zero-order valence-corrected chi connectivity index (χ0v) is 13.4. The van der Waals surface area contributed by atoms with Gasteiger partial charge in [0.2, 0.25) is 12.7 Å². The van der Waals surface area contributed by atoms with Crippen molar-refractivity contribution in [2.45, 2.75) is 6.18 Å². The number of ether oxygens (including phenoxy) is 3. The number of hydrogen-bond donors (Lipinski definition) is 1. The first kappa shape index (κ1) is 17.7. The van der Waals surface area contributed by atoms with Gasteiger partial charge in [-0.1, -0.05) is 18.2 Å². The number of benzene rings is 2. The maximum atomic E-state index is 12.3. The molecule has 0 fully saturated rings. The Morgan fingerprint density at radius 1 is 1.15 bits per heavy atom. The third-order valence-electron chi connectivity index (χ3n) is 3.36. The van der Waals surface area contributed by atoms with E-state index >= 15 is 0 Å². The molecule has 0 saturated carbocycles. The number of alkyl halides is 3. The summed E-state index contributed by atoms with van der Waals surface area (Å²) in [6.07, 6.45) is -1.65. The average Bonchev–Trinajstić information content (AvgIpc) is 3.06. The first-order valence-corrected chi connectivity index (χ1v) is 7.58. The largest absolute Gasteiger partial charge is 0.482 e. The summed E-state index contributed by atoms with van der Waals surface area (Å²) in [6, 6.07) is 11.1. The van der Waals surface area contributed by atoms with E-state index in [1.54, 1.807) is 30.3 Å². The summed E-state index contributed by atoms with van der Waals surface area (Å²) in [5.74, 6) is 0.640. The van der Waals surface area contributed by atoms with Gasteiger partial charge >= 0.3 is 6.18 Å². The number of anilines is 1. The van der Waals surface area contributed by atoms with Crippen molar-refractivity contribution >= 4 is 17.7 Å². The second-order valence-corrected chi connectivity index (χ2v) is 5.34. The molecule has 0 aliphatic carbocycles. The Balaban J connectivity index is 1.65. The Morgan fingerprint density at radius 2 is 1.92 bits per heavy atom. The van der Waals surface area contributed by atoms with Crippen molar-refractivity contribution in [2.75, 3.05) is 18.7 Å². The van der Waals surface area contributed by atoms with E-state index in [9.17, 15) is 18.0 Å². The van der Waals surface area contributed by atoms with Crippen LogP contribution >= 0.6 is 0 Å². The first-order chi connectivity index (χ1) is 12.4. The molecule has 0 atom stereocenters. The fourth-order valence-corrected chi connectivity index (χ4v) is 2.22. The fraction of sp³-hybridized carbons (Fsp3) is 0.167. The van der Waals surface area contributed by atoms with E-state index in [1.807, 2.05) is 0 Å². The van der Waals surface area contributed by atoms with Gasteiger partial charge in [-0.15, -0.1) is 0 Å². The van der Waals surface area contributed by atoms with Gasteiger partial charge in [0.05, 0.1) is 5.69 Å². The standard InChI is InChI=1S/C18H14F3NO4/c19-18(20,21)10-24-14-4-2-1-3-13(14)22-17(23)8-6-12-5-7-15-16(9-12)26-11-25-15/h1-9H,10-11H2,(H,22,23)/b8-6+. The number of rotatable bonds is 5. The van der Waals surface area contributed by atoms with E-state index in [4.69, 9.17) is 14.2 Å². The number of amides is 1. The number of fused-ring (bicyclic) bond motifs is 1. The molecule has 0 aromatic heterocycles. The van der Waals surface area contributed by atoms with Gasteiger partial charge in [-0.05, 0) is 35.9 Å². The highest BCUT2D eigenvalue weighted by Crippen LogP contribution is 2.33. The zero-order valence-electron chi connectivity index (χ0n) is 13.4. The van der Waals surface area contributed by atoms with Crippen molar-refractivity contribution < 1.29 is 32.2 Å². The van der Waals surface area contributed by atoms with Crippen molar-refractivity contribution in [1.82, 2.24) is 0 Å². The summed E-state index contributed by atoms with van der Waals surface area (Å²) in [4.78, 5) is 12.0. The van der Waals surface area contributed by atoms with E-state index in [2.05, 4.69) is 5.32 Å². The van der Waals surface area contributed by atoms with Crippen LogP contribution in [-0.4, -0.2) is 25.5 Å². The molecule has 8 heteroatoms. The molecule has 0 saturated heterocycles. The number of carbonyl (C=O) groups is 1. The van der Waals surface area contributed by atoms with E-state index in [-0.39, 0.29) is 18.2 Å². The van der Waals surface area contributed by atoms with E-state index in [0.717, 1.165) is 0 Å². The molecule has 0 bridgehead atoms. The lowest BCUT2D eigenvalue weighted by Gasteiger charge is -2.13. The van der Waals surface area contributed by atoms with Gasteiger partial charge in [-0.25, -0.2) is 0 Å². The predicted molar refractivity (Wildman–Crippen MR) is 88.2 cm³/mol. The summed E-state index contributed by atoms with van der Waals surface area (Å²) >= 11 is 0.